The Morgan fingerprint density at radius 1 is 1.10 bits per heavy atom. The van der Waals surface area contributed by atoms with Gasteiger partial charge in [-0.05, 0) is 42.5 Å². The van der Waals surface area contributed by atoms with Gasteiger partial charge in [-0.1, -0.05) is 6.07 Å². The molecule has 20 heavy (non-hydrogen) atoms. The summed E-state index contributed by atoms with van der Waals surface area (Å²) in [4.78, 5) is 11.0. The molecule has 4 heteroatoms. The first-order valence-electron chi connectivity index (χ1n) is 6.39. The van der Waals surface area contributed by atoms with Crippen molar-refractivity contribution >= 4 is 39.4 Å². The van der Waals surface area contributed by atoms with E-state index in [1.807, 2.05) is 44.4 Å². The molecule has 3 nitrogen and oxygen atoms in total. The van der Waals surface area contributed by atoms with Crippen molar-refractivity contribution in [1.29, 1.82) is 0 Å². The van der Waals surface area contributed by atoms with Crippen LogP contribution in [0.4, 0.5) is 5.69 Å². The van der Waals surface area contributed by atoms with Crippen molar-refractivity contribution in [3.05, 3.63) is 53.3 Å². The second kappa shape index (κ2) is 5.43. The molecule has 3 aromatic rings. The largest absolute Gasteiger partial charge is 0.378 e. The van der Waals surface area contributed by atoms with Crippen molar-refractivity contribution in [2.45, 2.75) is 0 Å². The minimum Gasteiger partial charge on any atom is -0.378 e. The number of aromatic nitrogens is 2. The summed E-state index contributed by atoms with van der Waals surface area (Å²) in [6.07, 6.45) is 5.80. The third kappa shape index (κ3) is 2.70. The Kier molecular flexibility index (Phi) is 3.48. The number of fused-ring (bicyclic) bond motifs is 1. The highest BCUT2D eigenvalue weighted by atomic mass is 32.1. The summed E-state index contributed by atoms with van der Waals surface area (Å²) >= 11 is 1.70. The number of pyridine rings is 1. The van der Waals surface area contributed by atoms with Crippen LogP contribution in [-0.2, 0) is 0 Å². The number of nitrogens with zero attached hydrogens (tertiary/aromatic N) is 3. The fourth-order valence-electron chi connectivity index (χ4n) is 1.91. The number of anilines is 1. The van der Waals surface area contributed by atoms with E-state index in [9.17, 15) is 0 Å². The summed E-state index contributed by atoms with van der Waals surface area (Å²) in [6, 6.07) is 12.2. The van der Waals surface area contributed by atoms with E-state index in [1.165, 1.54) is 10.4 Å². The van der Waals surface area contributed by atoms with Crippen molar-refractivity contribution in [3.63, 3.8) is 0 Å². The monoisotopic (exact) mass is 281 g/mol. The average Bonchev–Trinajstić information content (AvgIpc) is 2.88. The van der Waals surface area contributed by atoms with Gasteiger partial charge in [0, 0.05) is 26.0 Å². The lowest BCUT2D eigenvalue weighted by Gasteiger charge is -2.11. The maximum absolute atomic E-state index is 4.61. The summed E-state index contributed by atoms with van der Waals surface area (Å²) in [7, 11) is 4.09. The van der Waals surface area contributed by atoms with Crippen LogP contribution in [0, 0.1) is 0 Å². The Balaban J connectivity index is 1.91. The second-order valence-corrected chi connectivity index (χ2v) is 5.75. The van der Waals surface area contributed by atoms with Gasteiger partial charge in [0.15, 0.2) is 0 Å². The molecule has 0 aliphatic heterocycles. The SMILES string of the molecule is CN(C)c1ccc2nc(/C=C/c3ccccn3)sc2c1. The summed E-state index contributed by atoms with van der Waals surface area (Å²) in [5, 5.41) is 1.00. The quantitative estimate of drug-likeness (QED) is 0.728. The summed E-state index contributed by atoms with van der Waals surface area (Å²) in [5.74, 6) is 0. The van der Waals surface area contributed by atoms with Gasteiger partial charge < -0.3 is 4.90 Å². The van der Waals surface area contributed by atoms with Gasteiger partial charge in [0.25, 0.3) is 0 Å². The molecule has 0 bridgehead atoms. The number of hydrogen-bond donors (Lipinski definition) is 0. The molecule has 0 aliphatic rings. The second-order valence-electron chi connectivity index (χ2n) is 4.69. The van der Waals surface area contributed by atoms with Gasteiger partial charge in [-0.3, -0.25) is 4.98 Å². The van der Waals surface area contributed by atoms with Gasteiger partial charge in [0.1, 0.15) is 5.01 Å². The van der Waals surface area contributed by atoms with Gasteiger partial charge in [0.05, 0.1) is 15.9 Å². The topological polar surface area (TPSA) is 29.0 Å². The van der Waals surface area contributed by atoms with Crippen LogP contribution in [0.5, 0.6) is 0 Å². The van der Waals surface area contributed by atoms with E-state index in [4.69, 9.17) is 0 Å². The highest BCUT2D eigenvalue weighted by Crippen LogP contribution is 2.27. The lowest BCUT2D eigenvalue weighted by Crippen LogP contribution is -2.07. The lowest BCUT2D eigenvalue weighted by atomic mass is 10.3. The molecule has 0 atom stereocenters. The smallest absolute Gasteiger partial charge is 0.117 e. The van der Waals surface area contributed by atoms with Crippen LogP contribution in [0.15, 0.2) is 42.6 Å². The average molecular weight is 281 g/mol. The standard InChI is InChI=1S/C16H15N3S/c1-19(2)13-7-8-14-15(11-13)20-16(18-14)9-6-12-5-3-4-10-17-12/h3-11H,1-2H3/b9-6+. The zero-order valence-electron chi connectivity index (χ0n) is 11.4. The number of benzene rings is 1. The molecular formula is C16H15N3S. The van der Waals surface area contributed by atoms with Crippen molar-refractivity contribution in [2.75, 3.05) is 19.0 Å². The summed E-state index contributed by atoms with van der Waals surface area (Å²) in [6.45, 7) is 0. The zero-order valence-corrected chi connectivity index (χ0v) is 12.3. The third-order valence-corrected chi connectivity index (χ3v) is 3.97. The van der Waals surface area contributed by atoms with Crippen LogP contribution >= 0.6 is 11.3 Å². The predicted molar refractivity (Wildman–Crippen MR) is 87.1 cm³/mol. The summed E-state index contributed by atoms with van der Waals surface area (Å²) < 4.78 is 1.21. The summed E-state index contributed by atoms with van der Waals surface area (Å²) in [5.41, 5.74) is 3.18. The molecule has 2 heterocycles. The lowest BCUT2D eigenvalue weighted by molar-refractivity contribution is 1.14. The Morgan fingerprint density at radius 3 is 2.75 bits per heavy atom. The fourth-order valence-corrected chi connectivity index (χ4v) is 2.82. The van der Waals surface area contributed by atoms with Crippen molar-refractivity contribution in [1.82, 2.24) is 9.97 Å². The number of rotatable bonds is 3. The molecule has 0 spiro atoms. The number of hydrogen-bond acceptors (Lipinski definition) is 4. The normalized spacial score (nSPS) is 11.3. The van der Waals surface area contributed by atoms with Gasteiger partial charge >= 0.3 is 0 Å². The molecule has 2 aromatic heterocycles. The molecule has 1 aromatic carbocycles. The third-order valence-electron chi connectivity index (χ3n) is 2.99. The molecular weight excluding hydrogens is 266 g/mol. The Labute approximate surface area is 122 Å². The van der Waals surface area contributed by atoms with Crippen molar-refractivity contribution in [2.24, 2.45) is 0 Å². The van der Waals surface area contributed by atoms with E-state index in [0.29, 0.717) is 0 Å². The fraction of sp³-hybridized carbons (Fsp3) is 0.125. The Bertz CT molecular complexity index is 745. The first-order valence-corrected chi connectivity index (χ1v) is 7.21. The van der Waals surface area contributed by atoms with Gasteiger partial charge in [-0.2, -0.15) is 0 Å². The van der Waals surface area contributed by atoms with Crippen LogP contribution in [0.2, 0.25) is 0 Å². The van der Waals surface area contributed by atoms with Gasteiger partial charge in [-0.25, -0.2) is 4.98 Å². The zero-order chi connectivity index (χ0) is 13.9. The molecule has 0 unspecified atom stereocenters. The van der Waals surface area contributed by atoms with Crippen LogP contribution in [-0.4, -0.2) is 24.1 Å². The highest BCUT2D eigenvalue weighted by molar-refractivity contribution is 7.19. The van der Waals surface area contributed by atoms with E-state index in [-0.39, 0.29) is 0 Å². The molecule has 0 saturated carbocycles. The van der Waals surface area contributed by atoms with Crippen LogP contribution in [0.25, 0.3) is 22.4 Å². The molecule has 0 fully saturated rings. The van der Waals surface area contributed by atoms with Gasteiger partial charge in [0.2, 0.25) is 0 Å². The van der Waals surface area contributed by atoms with Crippen LogP contribution in [0.3, 0.4) is 0 Å². The molecule has 0 amide bonds. The van der Waals surface area contributed by atoms with Crippen LogP contribution < -0.4 is 4.90 Å². The van der Waals surface area contributed by atoms with Crippen LogP contribution in [0.1, 0.15) is 10.7 Å². The predicted octanol–water partition coefficient (Wildman–Crippen LogP) is 3.93. The van der Waals surface area contributed by atoms with E-state index in [1.54, 1.807) is 17.5 Å². The number of thiazole rings is 1. The Morgan fingerprint density at radius 2 is 2.00 bits per heavy atom. The van der Waals surface area contributed by atoms with E-state index in [2.05, 4.69) is 33.1 Å². The maximum atomic E-state index is 4.61. The van der Waals surface area contributed by atoms with Crippen molar-refractivity contribution in [3.8, 4) is 0 Å². The minimum absolute atomic E-state index is 0.945. The van der Waals surface area contributed by atoms with Crippen molar-refractivity contribution < 1.29 is 0 Å². The molecule has 0 N–H and O–H groups in total. The van der Waals surface area contributed by atoms with Gasteiger partial charge in [-0.15, -0.1) is 11.3 Å². The van der Waals surface area contributed by atoms with E-state index < -0.39 is 0 Å². The Hall–Kier alpha value is -2.20. The van der Waals surface area contributed by atoms with E-state index >= 15 is 0 Å². The molecule has 0 saturated heterocycles. The maximum Gasteiger partial charge on any atom is 0.117 e. The molecule has 100 valence electrons. The highest BCUT2D eigenvalue weighted by Gasteiger charge is 2.03. The molecule has 0 aliphatic carbocycles. The molecule has 3 rings (SSSR count). The van der Waals surface area contributed by atoms with E-state index in [0.717, 1.165) is 16.2 Å². The minimum atomic E-state index is 0.945. The molecule has 0 radical (unpaired) electrons. The first kappa shape index (κ1) is 12.8. The first-order chi connectivity index (χ1) is 9.72.